The number of sulfonamides is 1. The molecule has 1 heterocycles. The summed E-state index contributed by atoms with van der Waals surface area (Å²) in [6.45, 7) is 7.61. The topological polar surface area (TPSA) is 71.5 Å². The van der Waals surface area contributed by atoms with Gasteiger partial charge < -0.3 is 0 Å². The first kappa shape index (κ1) is 21.0. The van der Waals surface area contributed by atoms with E-state index in [4.69, 9.17) is 0 Å². The first-order valence-corrected chi connectivity index (χ1v) is 12.6. The minimum Gasteiger partial charge on any atom is -0.228 e. The minimum absolute atomic E-state index is 0.0140. The van der Waals surface area contributed by atoms with Crippen LogP contribution >= 0.6 is 0 Å². The number of hydrogen-bond acceptors (Lipinski definition) is 4. The quantitative estimate of drug-likeness (QED) is 0.761. The van der Waals surface area contributed by atoms with Crippen LogP contribution in [-0.2, 0) is 19.9 Å². The van der Waals surface area contributed by atoms with Crippen molar-refractivity contribution in [2.45, 2.75) is 44.3 Å². The van der Waals surface area contributed by atoms with E-state index in [2.05, 4.69) is 0 Å². The Kier molecular flexibility index (Phi) is 5.71. The molecule has 0 radical (unpaired) electrons. The summed E-state index contributed by atoms with van der Waals surface area (Å²) >= 11 is 0. The summed E-state index contributed by atoms with van der Waals surface area (Å²) in [5.41, 5.74) is 4.03. The van der Waals surface area contributed by atoms with Crippen molar-refractivity contribution in [2.24, 2.45) is 0 Å². The Labute approximate surface area is 168 Å². The molecule has 1 unspecified atom stereocenters. The van der Waals surface area contributed by atoms with Crippen LogP contribution in [0.1, 0.15) is 39.5 Å². The predicted molar refractivity (Wildman–Crippen MR) is 112 cm³/mol. The third-order valence-electron chi connectivity index (χ3n) is 5.77. The highest BCUT2D eigenvalue weighted by molar-refractivity contribution is 7.92. The van der Waals surface area contributed by atoms with Crippen LogP contribution in [0.2, 0.25) is 0 Å². The summed E-state index contributed by atoms with van der Waals surface area (Å²) in [5, 5.41) is -0.671. The van der Waals surface area contributed by atoms with Crippen LogP contribution in [0, 0.1) is 27.7 Å². The maximum absolute atomic E-state index is 13.5. The molecule has 0 amide bonds. The molecule has 2 aromatic rings. The van der Waals surface area contributed by atoms with Gasteiger partial charge in [-0.1, -0.05) is 36.4 Å². The van der Waals surface area contributed by atoms with Crippen LogP contribution in [0.3, 0.4) is 0 Å². The van der Waals surface area contributed by atoms with Crippen LogP contribution in [0.25, 0.3) is 0 Å². The van der Waals surface area contributed by atoms with E-state index in [1.807, 2.05) is 52.0 Å². The van der Waals surface area contributed by atoms with E-state index < -0.39 is 25.1 Å². The SMILES string of the molecule is Cc1cc(C)c(C)c(S(=O)(=O)N2CCC(c3ccccc3)S(=O)(=O)CC2)c1C. The Morgan fingerprint density at radius 2 is 1.50 bits per heavy atom. The number of aryl methyl sites for hydroxylation is 2. The first-order chi connectivity index (χ1) is 13.1. The highest BCUT2D eigenvalue weighted by Crippen LogP contribution is 2.33. The van der Waals surface area contributed by atoms with Gasteiger partial charge in [0.2, 0.25) is 10.0 Å². The molecule has 2 aromatic carbocycles. The molecular formula is C21H27NO4S2. The van der Waals surface area contributed by atoms with Crippen LogP contribution in [0.4, 0.5) is 0 Å². The zero-order chi connectivity index (χ0) is 20.7. The third kappa shape index (κ3) is 3.75. The molecule has 0 aromatic heterocycles. The fraction of sp³-hybridized carbons (Fsp3) is 0.429. The largest absolute Gasteiger partial charge is 0.243 e. The second-order valence-corrected chi connectivity index (χ2v) is 11.7. The Morgan fingerprint density at radius 3 is 2.07 bits per heavy atom. The van der Waals surface area contributed by atoms with E-state index in [-0.39, 0.29) is 25.3 Å². The summed E-state index contributed by atoms with van der Waals surface area (Å²) < 4.78 is 54.0. The smallest absolute Gasteiger partial charge is 0.228 e. The Hall–Kier alpha value is -1.70. The van der Waals surface area contributed by atoms with E-state index in [1.54, 1.807) is 12.1 Å². The Bertz CT molecular complexity index is 1060. The lowest BCUT2D eigenvalue weighted by Gasteiger charge is -2.24. The molecule has 1 aliphatic heterocycles. The van der Waals surface area contributed by atoms with E-state index in [1.165, 1.54) is 4.31 Å². The molecule has 0 saturated carbocycles. The third-order valence-corrected chi connectivity index (χ3v) is 10.1. The van der Waals surface area contributed by atoms with Crippen molar-refractivity contribution >= 4 is 19.9 Å². The number of hydrogen-bond donors (Lipinski definition) is 0. The zero-order valence-corrected chi connectivity index (χ0v) is 18.4. The van der Waals surface area contributed by atoms with Gasteiger partial charge in [-0.15, -0.1) is 0 Å². The predicted octanol–water partition coefficient (Wildman–Crippen LogP) is 3.47. The molecule has 3 rings (SSSR count). The van der Waals surface area contributed by atoms with Crippen molar-refractivity contribution in [2.75, 3.05) is 18.8 Å². The number of nitrogens with zero attached hydrogens (tertiary/aromatic N) is 1. The van der Waals surface area contributed by atoms with E-state index in [9.17, 15) is 16.8 Å². The number of benzene rings is 2. The minimum atomic E-state index is -3.78. The molecule has 7 heteroatoms. The fourth-order valence-corrected chi connectivity index (χ4v) is 7.85. The molecule has 152 valence electrons. The van der Waals surface area contributed by atoms with Gasteiger partial charge in [0.05, 0.1) is 15.9 Å². The highest BCUT2D eigenvalue weighted by atomic mass is 32.2. The van der Waals surface area contributed by atoms with Crippen molar-refractivity contribution in [3.8, 4) is 0 Å². The molecule has 0 aliphatic carbocycles. The van der Waals surface area contributed by atoms with Crippen LogP contribution in [0.15, 0.2) is 41.3 Å². The Balaban J connectivity index is 2.00. The van der Waals surface area contributed by atoms with Gasteiger partial charge in [-0.05, 0) is 61.9 Å². The molecule has 1 fully saturated rings. The zero-order valence-electron chi connectivity index (χ0n) is 16.8. The number of sulfone groups is 1. The number of rotatable bonds is 3. The summed E-state index contributed by atoms with van der Waals surface area (Å²) in [5.74, 6) is -0.172. The average molecular weight is 422 g/mol. The van der Waals surface area contributed by atoms with Gasteiger partial charge in [0, 0.05) is 13.1 Å². The van der Waals surface area contributed by atoms with E-state index >= 15 is 0 Å². The first-order valence-electron chi connectivity index (χ1n) is 9.40. The van der Waals surface area contributed by atoms with Gasteiger partial charge in [0.15, 0.2) is 9.84 Å². The molecular weight excluding hydrogens is 394 g/mol. The van der Waals surface area contributed by atoms with Crippen molar-refractivity contribution in [3.63, 3.8) is 0 Å². The van der Waals surface area contributed by atoms with Crippen LogP contribution < -0.4 is 0 Å². The fourth-order valence-electron chi connectivity index (χ4n) is 3.90. The lowest BCUT2D eigenvalue weighted by Crippen LogP contribution is -2.34. The van der Waals surface area contributed by atoms with E-state index in [0.717, 1.165) is 27.8 Å². The monoisotopic (exact) mass is 421 g/mol. The van der Waals surface area contributed by atoms with Crippen molar-refractivity contribution < 1.29 is 16.8 Å². The molecule has 0 spiro atoms. The lowest BCUT2D eigenvalue weighted by molar-refractivity contribution is 0.427. The normalized spacial score (nSPS) is 20.6. The van der Waals surface area contributed by atoms with Crippen LogP contribution in [0.5, 0.6) is 0 Å². The molecule has 1 atom stereocenters. The molecule has 5 nitrogen and oxygen atoms in total. The van der Waals surface area contributed by atoms with Gasteiger partial charge in [0.1, 0.15) is 0 Å². The summed E-state index contributed by atoms with van der Waals surface area (Å²) in [4.78, 5) is 0.320. The molecule has 28 heavy (non-hydrogen) atoms. The highest BCUT2D eigenvalue weighted by Gasteiger charge is 2.36. The Morgan fingerprint density at radius 1 is 0.929 bits per heavy atom. The molecule has 1 aliphatic rings. The lowest BCUT2D eigenvalue weighted by atomic mass is 10.0. The van der Waals surface area contributed by atoms with Crippen molar-refractivity contribution in [1.29, 1.82) is 0 Å². The second-order valence-electron chi connectivity index (χ2n) is 7.55. The van der Waals surface area contributed by atoms with Gasteiger partial charge in [-0.2, -0.15) is 4.31 Å². The maximum Gasteiger partial charge on any atom is 0.243 e. The second kappa shape index (κ2) is 7.61. The van der Waals surface area contributed by atoms with Gasteiger partial charge in [0.25, 0.3) is 0 Å². The summed E-state index contributed by atoms with van der Waals surface area (Å²) in [6, 6.07) is 11.0. The molecule has 0 N–H and O–H groups in total. The van der Waals surface area contributed by atoms with Gasteiger partial charge in [-0.3, -0.25) is 0 Å². The molecule has 0 bridgehead atoms. The standard InChI is InChI=1S/C21H27NO4S2/c1-15-14-16(2)18(4)21(17(15)3)28(25,26)22-11-10-20(27(23,24)13-12-22)19-8-6-5-7-9-19/h5-9,14,20H,10-13H2,1-4H3. The van der Waals surface area contributed by atoms with Crippen LogP contribution in [-0.4, -0.2) is 40.0 Å². The van der Waals surface area contributed by atoms with E-state index in [0.29, 0.717) is 4.90 Å². The average Bonchev–Trinajstić information content (AvgIpc) is 2.79. The van der Waals surface area contributed by atoms with Crippen molar-refractivity contribution in [3.05, 3.63) is 64.2 Å². The van der Waals surface area contributed by atoms with Crippen molar-refractivity contribution in [1.82, 2.24) is 4.31 Å². The molecule has 1 saturated heterocycles. The summed E-state index contributed by atoms with van der Waals surface area (Å²) in [7, 11) is -7.21. The summed E-state index contributed by atoms with van der Waals surface area (Å²) in [6.07, 6.45) is 0.258. The van der Waals surface area contributed by atoms with Gasteiger partial charge >= 0.3 is 0 Å². The van der Waals surface area contributed by atoms with Gasteiger partial charge in [-0.25, -0.2) is 16.8 Å². The maximum atomic E-state index is 13.5.